The number of carbonyl (C=O) groups excluding carboxylic acids is 1. The number of carboxylic acids is 1. The molecule has 1 amide bonds. The summed E-state index contributed by atoms with van der Waals surface area (Å²) in [6.45, 7) is 4.04. The van der Waals surface area contributed by atoms with Gasteiger partial charge in [0.15, 0.2) is 0 Å². The number of benzene rings is 1. The van der Waals surface area contributed by atoms with Gasteiger partial charge in [-0.1, -0.05) is 6.07 Å². The van der Waals surface area contributed by atoms with E-state index in [0.717, 1.165) is 11.1 Å². The van der Waals surface area contributed by atoms with Crippen molar-refractivity contribution in [1.29, 1.82) is 0 Å². The predicted octanol–water partition coefficient (Wildman–Crippen LogP) is 1.75. The van der Waals surface area contributed by atoms with E-state index in [0.29, 0.717) is 11.4 Å². The molecule has 0 spiro atoms. The van der Waals surface area contributed by atoms with E-state index in [-0.39, 0.29) is 18.9 Å². The molecule has 0 aliphatic carbocycles. The third-order valence-electron chi connectivity index (χ3n) is 3.37. The molecule has 0 saturated carbocycles. The SMILES string of the molecule is COc1c(C)cc(C)cc1N1CC(C(=O)O)CC1=O. The Balaban J connectivity index is 2.42. The highest BCUT2D eigenvalue weighted by molar-refractivity contribution is 6.00. The quantitative estimate of drug-likeness (QED) is 0.902. The normalized spacial score (nSPS) is 18.8. The largest absolute Gasteiger partial charge is 0.494 e. The van der Waals surface area contributed by atoms with Gasteiger partial charge in [-0.3, -0.25) is 9.59 Å². The van der Waals surface area contributed by atoms with Crippen molar-refractivity contribution >= 4 is 17.6 Å². The lowest BCUT2D eigenvalue weighted by atomic mass is 10.1. The summed E-state index contributed by atoms with van der Waals surface area (Å²) >= 11 is 0. The number of aliphatic carboxylic acids is 1. The molecule has 1 unspecified atom stereocenters. The highest BCUT2D eigenvalue weighted by Gasteiger charge is 2.36. The number of methoxy groups -OCH3 is 1. The van der Waals surface area contributed by atoms with Crippen LogP contribution in [0.1, 0.15) is 17.5 Å². The number of aryl methyl sites for hydroxylation is 2. The molecule has 102 valence electrons. The summed E-state index contributed by atoms with van der Waals surface area (Å²) in [7, 11) is 1.55. The molecule has 1 aromatic rings. The second-order valence-electron chi connectivity index (χ2n) is 4.88. The van der Waals surface area contributed by atoms with Crippen molar-refractivity contribution in [3.8, 4) is 5.75 Å². The molecule has 1 fully saturated rings. The third-order valence-corrected chi connectivity index (χ3v) is 3.37. The minimum absolute atomic E-state index is 0.0471. The Labute approximate surface area is 111 Å². The first kappa shape index (κ1) is 13.4. The number of anilines is 1. The minimum Gasteiger partial charge on any atom is -0.494 e. The van der Waals surface area contributed by atoms with Crippen molar-refractivity contribution in [2.45, 2.75) is 20.3 Å². The summed E-state index contributed by atoms with van der Waals surface area (Å²) in [6, 6.07) is 3.82. The van der Waals surface area contributed by atoms with E-state index in [1.165, 1.54) is 4.90 Å². The molecule has 0 aromatic heterocycles. The summed E-state index contributed by atoms with van der Waals surface area (Å²) in [5.74, 6) is -1.11. The van der Waals surface area contributed by atoms with Crippen LogP contribution in [0.4, 0.5) is 5.69 Å². The number of nitrogens with zero attached hydrogens (tertiary/aromatic N) is 1. The maximum absolute atomic E-state index is 12.0. The Bertz CT molecular complexity index is 538. The molecule has 0 radical (unpaired) electrons. The Hall–Kier alpha value is -2.04. The number of hydrogen-bond acceptors (Lipinski definition) is 3. The fraction of sp³-hybridized carbons (Fsp3) is 0.429. The predicted molar refractivity (Wildman–Crippen MR) is 70.6 cm³/mol. The lowest BCUT2D eigenvalue weighted by Crippen LogP contribution is -2.26. The van der Waals surface area contributed by atoms with Crippen LogP contribution in [-0.2, 0) is 9.59 Å². The van der Waals surface area contributed by atoms with E-state index in [4.69, 9.17) is 9.84 Å². The van der Waals surface area contributed by atoms with E-state index in [1.807, 2.05) is 26.0 Å². The topological polar surface area (TPSA) is 66.8 Å². The van der Waals surface area contributed by atoms with Gasteiger partial charge in [0.05, 0.1) is 18.7 Å². The van der Waals surface area contributed by atoms with Gasteiger partial charge in [0, 0.05) is 13.0 Å². The Kier molecular flexibility index (Phi) is 3.46. The van der Waals surface area contributed by atoms with Crippen molar-refractivity contribution in [3.63, 3.8) is 0 Å². The van der Waals surface area contributed by atoms with Gasteiger partial charge in [0.2, 0.25) is 5.91 Å². The summed E-state index contributed by atoms with van der Waals surface area (Å²) in [4.78, 5) is 24.5. The monoisotopic (exact) mass is 263 g/mol. The van der Waals surface area contributed by atoms with Crippen LogP contribution < -0.4 is 9.64 Å². The summed E-state index contributed by atoms with van der Waals surface area (Å²) < 4.78 is 5.35. The summed E-state index contributed by atoms with van der Waals surface area (Å²) in [5, 5.41) is 9.02. The number of ether oxygens (including phenoxy) is 1. The van der Waals surface area contributed by atoms with Gasteiger partial charge < -0.3 is 14.7 Å². The lowest BCUT2D eigenvalue weighted by Gasteiger charge is -2.21. The molecule has 1 N–H and O–H groups in total. The van der Waals surface area contributed by atoms with Crippen LogP contribution in [0, 0.1) is 19.8 Å². The molecule has 1 heterocycles. The first-order valence-electron chi connectivity index (χ1n) is 6.12. The van der Waals surface area contributed by atoms with Crippen LogP contribution in [0.25, 0.3) is 0 Å². The molecule has 2 rings (SSSR count). The van der Waals surface area contributed by atoms with Gasteiger partial charge >= 0.3 is 5.97 Å². The van der Waals surface area contributed by atoms with Crippen LogP contribution in [0.15, 0.2) is 12.1 Å². The molecule has 1 aliphatic rings. The van der Waals surface area contributed by atoms with Crippen LogP contribution in [0.5, 0.6) is 5.75 Å². The molecule has 1 saturated heterocycles. The Morgan fingerprint density at radius 1 is 1.42 bits per heavy atom. The molecule has 1 atom stereocenters. The first-order valence-corrected chi connectivity index (χ1v) is 6.12. The van der Waals surface area contributed by atoms with Gasteiger partial charge in [0.25, 0.3) is 0 Å². The lowest BCUT2D eigenvalue weighted by molar-refractivity contribution is -0.141. The van der Waals surface area contributed by atoms with Crippen molar-refractivity contribution in [2.75, 3.05) is 18.6 Å². The number of amides is 1. The number of rotatable bonds is 3. The minimum atomic E-state index is -0.931. The van der Waals surface area contributed by atoms with Crippen LogP contribution in [0.3, 0.4) is 0 Å². The number of carboxylic acid groups (broad SMARTS) is 1. The molecular formula is C14H17NO4. The van der Waals surface area contributed by atoms with E-state index >= 15 is 0 Å². The van der Waals surface area contributed by atoms with Gasteiger partial charge in [-0.2, -0.15) is 0 Å². The highest BCUT2D eigenvalue weighted by atomic mass is 16.5. The van der Waals surface area contributed by atoms with Gasteiger partial charge in [-0.05, 0) is 31.0 Å². The average molecular weight is 263 g/mol. The second-order valence-corrected chi connectivity index (χ2v) is 4.88. The van der Waals surface area contributed by atoms with Crippen LogP contribution >= 0.6 is 0 Å². The van der Waals surface area contributed by atoms with Crippen molar-refractivity contribution in [2.24, 2.45) is 5.92 Å². The van der Waals surface area contributed by atoms with Crippen LogP contribution in [-0.4, -0.2) is 30.6 Å². The molecule has 0 bridgehead atoms. The zero-order valence-electron chi connectivity index (χ0n) is 11.3. The van der Waals surface area contributed by atoms with E-state index in [9.17, 15) is 9.59 Å². The maximum Gasteiger partial charge on any atom is 0.308 e. The molecule has 5 heteroatoms. The second kappa shape index (κ2) is 4.91. The van der Waals surface area contributed by atoms with Gasteiger partial charge in [0.1, 0.15) is 5.75 Å². The first-order chi connectivity index (χ1) is 8.93. The van der Waals surface area contributed by atoms with Crippen molar-refractivity contribution in [1.82, 2.24) is 0 Å². The molecule has 1 aromatic carbocycles. The number of carbonyl (C=O) groups is 2. The summed E-state index contributed by atoms with van der Waals surface area (Å²) in [6.07, 6.45) is 0.0471. The Morgan fingerprint density at radius 2 is 2.11 bits per heavy atom. The highest BCUT2D eigenvalue weighted by Crippen LogP contribution is 2.36. The Morgan fingerprint density at radius 3 is 2.63 bits per heavy atom. The summed E-state index contributed by atoms with van der Waals surface area (Å²) in [5.41, 5.74) is 2.61. The van der Waals surface area contributed by atoms with E-state index < -0.39 is 11.9 Å². The zero-order valence-corrected chi connectivity index (χ0v) is 11.3. The van der Waals surface area contributed by atoms with Crippen molar-refractivity contribution in [3.05, 3.63) is 23.3 Å². The fourth-order valence-electron chi connectivity index (χ4n) is 2.50. The van der Waals surface area contributed by atoms with Gasteiger partial charge in [-0.15, -0.1) is 0 Å². The molecular weight excluding hydrogens is 246 g/mol. The van der Waals surface area contributed by atoms with Crippen LogP contribution in [0.2, 0.25) is 0 Å². The molecule has 1 aliphatic heterocycles. The van der Waals surface area contributed by atoms with E-state index in [1.54, 1.807) is 7.11 Å². The smallest absolute Gasteiger partial charge is 0.308 e. The van der Waals surface area contributed by atoms with E-state index in [2.05, 4.69) is 0 Å². The maximum atomic E-state index is 12.0. The average Bonchev–Trinajstić information content (AvgIpc) is 2.70. The fourth-order valence-corrected chi connectivity index (χ4v) is 2.50. The van der Waals surface area contributed by atoms with Crippen molar-refractivity contribution < 1.29 is 19.4 Å². The molecule has 19 heavy (non-hydrogen) atoms. The number of hydrogen-bond donors (Lipinski definition) is 1. The zero-order chi connectivity index (χ0) is 14.2. The molecule has 5 nitrogen and oxygen atoms in total. The standard InChI is InChI=1S/C14H17NO4/c1-8-4-9(2)13(19-3)11(5-8)15-7-10(14(17)18)6-12(15)16/h4-5,10H,6-7H2,1-3H3,(H,17,18). The van der Waals surface area contributed by atoms with Gasteiger partial charge in [-0.25, -0.2) is 0 Å². The third kappa shape index (κ3) is 2.41.